The lowest BCUT2D eigenvalue weighted by Gasteiger charge is -2.10. The van der Waals surface area contributed by atoms with Gasteiger partial charge in [-0.2, -0.15) is 4.98 Å². The minimum absolute atomic E-state index is 0.289. The molecule has 0 N–H and O–H groups in total. The summed E-state index contributed by atoms with van der Waals surface area (Å²) in [5.74, 6) is 1.59. The lowest BCUT2D eigenvalue weighted by molar-refractivity contribution is 0.373. The number of hydrogen-bond acceptors (Lipinski definition) is 4. The Morgan fingerprint density at radius 1 is 1.22 bits per heavy atom. The molecule has 94 valence electrons. The van der Waals surface area contributed by atoms with Gasteiger partial charge >= 0.3 is 0 Å². The van der Waals surface area contributed by atoms with Crippen molar-refractivity contribution in [2.24, 2.45) is 0 Å². The summed E-state index contributed by atoms with van der Waals surface area (Å²) in [4.78, 5) is 7.92. The Hall–Kier alpha value is -1.81. The van der Waals surface area contributed by atoms with E-state index >= 15 is 0 Å². The SMILES string of the molecule is CCc1ccc(Oc2cncc(Cl)n2)c(OC)c1. The first kappa shape index (κ1) is 12.6. The molecule has 0 saturated heterocycles. The van der Waals surface area contributed by atoms with Gasteiger partial charge < -0.3 is 9.47 Å². The molecule has 0 spiro atoms. The fourth-order valence-corrected chi connectivity index (χ4v) is 1.64. The number of rotatable bonds is 4. The first-order valence-corrected chi connectivity index (χ1v) is 5.93. The van der Waals surface area contributed by atoms with Gasteiger partial charge in [0.2, 0.25) is 5.88 Å². The van der Waals surface area contributed by atoms with Crippen molar-refractivity contribution < 1.29 is 9.47 Å². The number of hydrogen-bond donors (Lipinski definition) is 0. The van der Waals surface area contributed by atoms with Crippen LogP contribution in [0.4, 0.5) is 0 Å². The monoisotopic (exact) mass is 264 g/mol. The second-order valence-electron chi connectivity index (χ2n) is 3.62. The maximum absolute atomic E-state index is 5.75. The molecule has 0 amide bonds. The summed E-state index contributed by atoms with van der Waals surface area (Å²) >= 11 is 5.75. The average molecular weight is 265 g/mol. The van der Waals surface area contributed by atoms with Crippen molar-refractivity contribution in [3.05, 3.63) is 41.3 Å². The van der Waals surface area contributed by atoms with Crippen LogP contribution in [0.3, 0.4) is 0 Å². The molecule has 0 unspecified atom stereocenters. The summed E-state index contributed by atoms with van der Waals surface area (Å²) in [7, 11) is 1.60. The number of aromatic nitrogens is 2. The lowest BCUT2D eigenvalue weighted by Crippen LogP contribution is -1.94. The van der Waals surface area contributed by atoms with Crippen molar-refractivity contribution in [1.29, 1.82) is 0 Å². The van der Waals surface area contributed by atoms with Gasteiger partial charge in [-0.05, 0) is 24.1 Å². The van der Waals surface area contributed by atoms with Gasteiger partial charge in [0.05, 0.1) is 19.5 Å². The number of methoxy groups -OCH3 is 1. The van der Waals surface area contributed by atoms with Crippen molar-refractivity contribution >= 4 is 11.6 Å². The topological polar surface area (TPSA) is 44.2 Å². The fraction of sp³-hybridized carbons (Fsp3) is 0.231. The number of nitrogens with zero attached hydrogens (tertiary/aromatic N) is 2. The summed E-state index contributed by atoms with van der Waals surface area (Å²) in [6.45, 7) is 2.08. The molecule has 0 radical (unpaired) electrons. The highest BCUT2D eigenvalue weighted by atomic mass is 35.5. The molecule has 0 bridgehead atoms. The number of benzene rings is 1. The van der Waals surface area contributed by atoms with Gasteiger partial charge in [-0.3, -0.25) is 4.98 Å². The van der Waals surface area contributed by atoms with E-state index in [1.807, 2.05) is 18.2 Å². The van der Waals surface area contributed by atoms with Crippen LogP contribution in [-0.2, 0) is 6.42 Å². The number of ether oxygens (including phenoxy) is 2. The van der Waals surface area contributed by atoms with Crippen molar-refractivity contribution in [3.63, 3.8) is 0 Å². The zero-order chi connectivity index (χ0) is 13.0. The van der Waals surface area contributed by atoms with E-state index in [-0.39, 0.29) is 5.15 Å². The van der Waals surface area contributed by atoms with Gasteiger partial charge in [0.25, 0.3) is 0 Å². The van der Waals surface area contributed by atoms with Crippen LogP contribution in [0, 0.1) is 0 Å². The van der Waals surface area contributed by atoms with Gasteiger partial charge in [0.15, 0.2) is 16.7 Å². The first-order valence-electron chi connectivity index (χ1n) is 5.55. The number of halogens is 1. The smallest absolute Gasteiger partial charge is 0.239 e. The third-order valence-electron chi connectivity index (χ3n) is 2.43. The Kier molecular flexibility index (Phi) is 3.99. The molecule has 1 aromatic carbocycles. The maximum atomic E-state index is 5.75. The van der Waals surface area contributed by atoms with Crippen LogP contribution in [-0.4, -0.2) is 17.1 Å². The van der Waals surface area contributed by atoms with Crippen LogP contribution in [0.25, 0.3) is 0 Å². The predicted octanol–water partition coefficient (Wildman–Crippen LogP) is 3.49. The molecule has 0 aliphatic rings. The third-order valence-corrected chi connectivity index (χ3v) is 2.62. The highest BCUT2D eigenvalue weighted by Gasteiger charge is 2.07. The molecule has 18 heavy (non-hydrogen) atoms. The van der Waals surface area contributed by atoms with E-state index in [4.69, 9.17) is 21.1 Å². The molecule has 0 atom stereocenters. The van der Waals surface area contributed by atoms with E-state index in [1.54, 1.807) is 7.11 Å². The molecule has 2 rings (SSSR count). The van der Waals surface area contributed by atoms with Crippen molar-refractivity contribution in [2.45, 2.75) is 13.3 Å². The quantitative estimate of drug-likeness (QED) is 0.848. The van der Waals surface area contributed by atoms with Crippen LogP contribution in [0.2, 0.25) is 5.15 Å². The molecular weight excluding hydrogens is 252 g/mol. The van der Waals surface area contributed by atoms with Crippen LogP contribution >= 0.6 is 11.6 Å². The van der Waals surface area contributed by atoms with Gasteiger partial charge in [0, 0.05) is 0 Å². The van der Waals surface area contributed by atoms with Crippen LogP contribution in [0.1, 0.15) is 12.5 Å². The van der Waals surface area contributed by atoms with Gasteiger partial charge in [-0.25, -0.2) is 0 Å². The van der Waals surface area contributed by atoms with E-state index < -0.39 is 0 Å². The minimum Gasteiger partial charge on any atom is -0.493 e. The summed E-state index contributed by atoms with van der Waals surface area (Å²) in [5, 5.41) is 0.289. The summed E-state index contributed by atoms with van der Waals surface area (Å²) in [6.07, 6.45) is 3.89. The molecule has 5 heteroatoms. The molecule has 1 aromatic heterocycles. The Morgan fingerprint density at radius 3 is 2.72 bits per heavy atom. The van der Waals surface area contributed by atoms with Crippen molar-refractivity contribution in [1.82, 2.24) is 9.97 Å². The zero-order valence-corrected chi connectivity index (χ0v) is 10.9. The fourth-order valence-electron chi connectivity index (χ4n) is 1.50. The normalized spacial score (nSPS) is 10.2. The van der Waals surface area contributed by atoms with E-state index in [0.29, 0.717) is 17.4 Å². The van der Waals surface area contributed by atoms with E-state index in [0.717, 1.165) is 6.42 Å². The predicted molar refractivity (Wildman–Crippen MR) is 69.5 cm³/mol. The van der Waals surface area contributed by atoms with Crippen molar-refractivity contribution in [2.75, 3.05) is 7.11 Å². The molecule has 0 saturated carbocycles. The lowest BCUT2D eigenvalue weighted by atomic mass is 10.1. The summed E-state index contributed by atoms with van der Waals surface area (Å²) in [5.41, 5.74) is 1.18. The molecular formula is C13H13ClN2O2. The summed E-state index contributed by atoms with van der Waals surface area (Å²) < 4.78 is 10.9. The Balaban J connectivity index is 2.28. The molecule has 1 heterocycles. The Morgan fingerprint density at radius 2 is 2.06 bits per heavy atom. The average Bonchev–Trinajstić information content (AvgIpc) is 2.39. The molecule has 0 aliphatic heterocycles. The molecule has 0 fully saturated rings. The molecule has 0 aliphatic carbocycles. The van der Waals surface area contributed by atoms with Gasteiger partial charge in [-0.15, -0.1) is 0 Å². The highest BCUT2D eigenvalue weighted by Crippen LogP contribution is 2.31. The largest absolute Gasteiger partial charge is 0.493 e. The first-order chi connectivity index (χ1) is 8.72. The minimum atomic E-state index is 0.289. The maximum Gasteiger partial charge on any atom is 0.239 e. The van der Waals surface area contributed by atoms with Crippen molar-refractivity contribution in [3.8, 4) is 17.4 Å². The second kappa shape index (κ2) is 5.69. The van der Waals surface area contributed by atoms with Gasteiger partial charge in [0.1, 0.15) is 0 Å². The number of aryl methyl sites for hydroxylation is 1. The summed E-state index contributed by atoms with van der Waals surface area (Å²) in [6, 6.07) is 5.77. The van der Waals surface area contributed by atoms with Crippen LogP contribution in [0.5, 0.6) is 17.4 Å². The third kappa shape index (κ3) is 2.90. The van der Waals surface area contributed by atoms with E-state index in [1.165, 1.54) is 18.0 Å². The highest BCUT2D eigenvalue weighted by molar-refractivity contribution is 6.29. The van der Waals surface area contributed by atoms with Crippen LogP contribution < -0.4 is 9.47 Å². The zero-order valence-electron chi connectivity index (χ0n) is 10.2. The Labute approximate surface area is 111 Å². The molecule has 4 nitrogen and oxygen atoms in total. The van der Waals surface area contributed by atoms with Crippen LogP contribution in [0.15, 0.2) is 30.6 Å². The Bertz CT molecular complexity index is 546. The van der Waals surface area contributed by atoms with Gasteiger partial charge in [-0.1, -0.05) is 24.6 Å². The standard InChI is InChI=1S/C13H13ClN2O2/c1-3-9-4-5-10(11(6-9)17-2)18-13-8-15-7-12(14)16-13/h4-8H,3H2,1-2H3. The van der Waals surface area contributed by atoms with E-state index in [2.05, 4.69) is 16.9 Å². The second-order valence-corrected chi connectivity index (χ2v) is 4.01. The molecule has 2 aromatic rings. The van der Waals surface area contributed by atoms with E-state index in [9.17, 15) is 0 Å².